The van der Waals surface area contributed by atoms with E-state index in [1.165, 1.54) is 29.0 Å². The number of aromatic nitrogens is 1. The van der Waals surface area contributed by atoms with Gasteiger partial charge in [-0.05, 0) is 54.8 Å². The molecule has 1 aliphatic heterocycles. The van der Waals surface area contributed by atoms with Crippen molar-refractivity contribution in [3.63, 3.8) is 0 Å². The largest absolute Gasteiger partial charge is 0.349 e. The SMILES string of the molecule is CN(C)C(=O)CC1CC2(CCN(Cc3nccs3)CC2)c2ccccc21. The van der Waals surface area contributed by atoms with Crippen LogP contribution in [0.5, 0.6) is 0 Å². The van der Waals surface area contributed by atoms with E-state index in [1.54, 1.807) is 16.2 Å². The van der Waals surface area contributed by atoms with Crippen molar-refractivity contribution in [2.24, 2.45) is 0 Å². The van der Waals surface area contributed by atoms with Crippen molar-refractivity contribution in [2.45, 2.75) is 43.6 Å². The summed E-state index contributed by atoms with van der Waals surface area (Å²) in [5.41, 5.74) is 3.18. The average molecular weight is 370 g/mol. The number of benzene rings is 1. The molecular weight excluding hydrogens is 342 g/mol. The molecule has 1 aromatic carbocycles. The van der Waals surface area contributed by atoms with E-state index in [0.717, 1.165) is 26.1 Å². The highest BCUT2D eigenvalue weighted by Gasteiger charge is 2.45. The fraction of sp³-hybridized carbons (Fsp3) is 0.524. The Morgan fingerprint density at radius 3 is 2.77 bits per heavy atom. The first-order chi connectivity index (χ1) is 12.6. The maximum Gasteiger partial charge on any atom is 0.222 e. The summed E-state index contributed by atoms with van der Waals surface area (Å²) in [6, 6.07) is 8.85. The second-order valence-corrected chi connectivity index (χ2v) is 8.94. The third-order valence-corrected chi connectivity index (χ3v) is 6.95. The summed E-state index contributed by atoms with van der Waals surface area (Å²) in [5.74, 6) is 0.606. The Bertz CT molecular complexity index is 763. The fourth-order valence-electron chi connectivity index (χ4n) is 4.74. The van der Waals surface area contributed by atoms with Crippen LogP contribution in [-0.2, 0) is 16.8 Å². The van der Waals surface area contributed by atoms with Crippen LogP contribution in [0.2, 0.25) is 0 Å². The summed E-state index contributed by atoms with van der Waals surface area (Å²) < 4.78 is 0. The Labute approximate surface area is 159 Å². The van der Waals surface area contributed by atoms with Gasteiger partial charge in [0.25, 0.3) is 0 Å². The molecule has 4 rings (SSSR count). The number of nitrogens with zero attached hydrogens (tertiary/aromatic N) is 3. The van der Waals surface area contributed by atoms with Crippen LogP contribution in [0.1, 0.15) is 47.7 Å². The highest BCUT2D eigenvalue weighted by molar-refractivity contribution is 7.09. The smallest absolute Gasteiger partial charge is 0.222 e. The number of fused-ring (bicyclic) bond motifs is 2. The van der Waals surface area contributed by atoms with Gasteiger partial charge in [0.2, 0.25) is 5.91 Å². The minimum Gasteiger partial charge on any atom is -0.349 e. The van der Waals surface area contributed by atoms with Crippen LogP contribution < -0.4 is 0 Å². The summed E-state index contributed by atoms with van der Waals surface area (Å²) >= 11 is 1.74. The molecule has 138 valence electrons. The molecule has 0 N–H and O–H groups in total. The van der Waals surface area contributed by atoms with Crippen LogP contribution in [-0.4, -0.2) is 47.9 Å². The lowest BCUT2D eigenvalue weighted by molar-refractivity contribution is -0.129. The monoisotopic (exact) mass is 369 g/mol. The number of amides is 1. The third kappa shape index (κ3) is 3.30. The summed E-state index contributed by atoms with van der Waals surface area (Å²) in [6.07, 6.45) is 6.01. The van der Waals surface area contributed by atoms with Gasteiger partial charge < -0.3 is 4.90 Å². The van der Waals surface area contributed by atoms with E-state index in [-0.39, 0.29) is 11.3 Å². The van der Waals surface area contributed by atoms with E-state index in [4.69, 9.17) is 0 Å². The molecule has 2 heterocycles. The van der Waals surface area contributed by atoms with Gasteiger partial charge in [-0.15, -0.1) is 11.3 Å². The average Bonchev–Trinajstić information content (AvgIpc) is 3.25. The van der Waals surface area contributed by atoms with Gasteiger partial charge in [0.15, 0.2) is 0 Å². The number of piperidine rings is 1. The Kier molecular flexibility index (Phi) is 4.84. The van der Waals surface area contributed by atoms with E-state index < -0.39 is 0 Å². The highest BCUT2D eigenvalue weighted by atomic mass is 32.1. The molecule has 4 nitrogen and oxygen atoms in total. The second-order valence-electron chi connectivity index (χ2n) is 7.96. The van der Waals surface area contributed by atoms with Gasteiger partial charge in [-0.3, -0.25) is 9.69 Å². The molecule has 1 aliphatic carbocycles. The standard InChI is InChI=1S/C21H27N3OS/c1-23(2)20(25)13-16-14-21(18-6-4-3-5-17(16)18)7-10-24(11-8-21)15-19-22-9-12-26-19/h3-6,9,12,16H,7-8,10-11,13-15H2,1-2H3. The van der Waals surface area contributed by atoms with Crippen LogP contribution in [0.4, 0.5) is 0 Å². The van der Waals surface area contributed by atoms with Crippen LogP contribution in [0, 0.1) is 0 Å². The predicted octanol–water partition coefficient (Wildman–Crippen LogP) is 3.64. The van der Waals surface area contributed by atoms with E-state index in [1.807, 2.05) is 20.3 Å². The second kappa shape index (κ2) is 7.12. The van der Waals surface area contributed by atoms with Crippen molar-refractivity contribution in [2.75, 3.05) is 27.2 Å². The third-order valence-electron chi connectivity index (χ3n) is 6.18. The fourth-order valence-corrected chi connectivity index (χ4v) is 5.40. The summed E-state index contributed by atoms with van der Waals surface area (Å²) in [6.45, 7) is 3.20. The number of thiazole rings is 1. The van der Waals surface area contributed by atoms with E-state index in [9.17, 15) is 4.79 Å². The highest BCUT2D eigenvalue weighted by Crippen LogP contribution is 2.52. The normalized spacial score (nSPS) is 21.7. The molecule has 1 saturated heterocycles. The van der Waals surface area contributed by atoms with Crippen molar-refractivity contribution in [1.82, 2.24) is 14.8 Å². The van der Waals surface area contributed by atoms with Gasteiger partial charge in [-0.2, -0.15) is 0 Å². The van der Waals surface area contributed by atoms with Crippen molar-refractivity contribution in [3.05, 3.63) is 52.0 Å². The predicted molar refractivity (Wildman–Crippen MR) is 105 cm³/mol. The van der Waals surface area contributed by atoms with Crippen LogP contribution in [0.3, 0.4) is 0 Å². The zero-order valence-electron chi connectivity index (χ0n) is 15.6. The minimum atomic E-state index is 0.239. The van der Waals surface area contributed by atoms with Gasteiger partial charge in [-0.1, -0.05) is 24.3 Å². The molecular formula is C21H27N3OS. The molecule has 0 saturated carbocycles. The topological polar surface area (TPSA) is 36.4 Å². The summed E-state index contributed by atoms with van der Waals surface area (Å²) in [5, 5.41) is 3.27. The Morgan fingerprint density at radius 2 is 2.08 bits per heavy atom. The van der Waals surface area contributed by atoms with Gasteiger partial charge in [0, 0.05) is 32.1 Å². The van der Waals surface area contributed by atoms with E-state index in [2.05, 4.69) is 39.5 Å². The molecule has 0 radical (unpaired) electrons. The molecule has 1 unspecified atom stereocenters. The van der Waals surface area contributed by atoms with Crippen LogP contribution in [0.15, 0.2) is 35.8 Å². The molecule has 5 heteroatoms. The van der Waals surface area contributed by atoms with Crippen molar-refractivity contribution >= 4 is 17.2 Å². The molecule has 2 aromatic rings. The van der Waals surface area contributed by atoms with E-state index >= 15 is 0 Å². The van der Waals surface area contributed by atoms with Gasteiger partial charge in [0.1, 0.15) is 5.01 Å². The maximum atomic E-state index is 12.3. The molecule has 1 amide bonds. The van der Waals surface area contributed by atoms with Crippen LogP contribution in [0.25, 0.3) is 0 Å². The lowest BCUT2D eigenvalue weighted by atomic mass is 9.73. The Morgan fingerprint density at radius 1 is 1.31 bits per heavy atom. The molecule has 1 atom stereocenters. The zero-order valence-corrected chi connectivity index (χ0v) is 16.5. The summed E-state index contributed by atoms with van der Waals surface area (Å²) in [4.78, 5) is 21.0. The zero-order chi connectivity index (χ0) is 18.1. The van der Waals surface area contributed by atoms with E-state index in [0.29, 0.717) is 12.3 Å². The number of likely N-dealkylation sites (tertiary alicyclic amines) is 1. The van der Waals surface area contributed by atoms with Gasteiger partial charge >= 0.3 is 0 Å². The quantitative estimate of drug-likeness (QED) is 0.825. The van der Waals surface area contributed by atoms with Gasteiger partial charge in [-0.25, -0.2) is 4.98 Å². The number of rotatable bonds is 4. The Balaban J connectivity index is 1.49. The first kappa shape index (κ1) is 17.7. The molecule has 26 heavy (non-hydrogen) atoms. The first-order valence-electron chi connectivity index (χ1n) is 9.48. The number of carbonyl (C=O) groups is 1. The van der Waals surface area contributed by atoms with Crippen molar-refractivity contribution < 1.29 is 4.79 Å². The van der Waals surface area contributed by atoms with Crippen molar-refractivity contribution in [3.8, 4) is 0 Å². The lowest BCUT2D eigenvalue weighted by Gasteiger charge is -2.40. The maximum absolute atomic E-state index is 12.3. The molecule has 1 aromatic heterocycles. The number of carbonyl (C=O) groups excluding carboxylic acids is 1. The van der Waals surface area contributed by atoms with Crippen LogP contribution >= 0.6 is 11.3 Å². The summed E-state index contributed by atoms with van der Waals surface area (Å²) in [7, 11) is 3.71. The minimum absolute atomic E-state index is 0.239. The lowest BCUT2D eigenvalue weighted by Crippen LogP contribution is -2.41. The Hall–Kier alpha value is -1.72. The molecule has 0 bridgehead atoms. The first-order valence-corrected chi connectivity index (χ1v) is 10.4. The molecule has 2 aliphatic rings. The van der Waals surface area contributed by atoms with Crippen molar-refractivity contribution in [1.29, 1.82) is 0 Å². The molecule has 1 fully saturated rings. The number of hydrogen-bond acceptors (Lipinski definition) is 4. The van der Waals surface area contributed by atoms with Gasteiger partial charge in [0.05, 0.1) is 6.54 Å². The number of hydrogen-bond donors (Lipinski definition) is 0. The molecule has 1 spiro atoms.